The van der Waals surface area contributed by atoms with Gasteiger partial charge in [-0.25, -0.2) is 0 Å². The summed E-state index contributed by atoms with van der Waals surface area (Å²) in [6.45, 7) is 1.05. The SMILES string of the molecule is OC(c1ccc2c(c1)OCCO2)c1ncccc1Cl. The van der Waals surface area contributed by atoms with E-state index < -0.39 is 6.10 Å². The molecule has 0 aliphatic carbocycles. The first-order chi connectivity index (χ1) is 9.25. The molecule has 0 fully saturated rings. The molecule has 1 unspecified atom stereocenters. The molecular formula is C14H12ClNO3. The number of benzene rings is 1. The van der Waals surface area contributed by atoms with Crippen molar-refractivity contribution < 1.29 is 14.6 Å². The molecule has 5 heteroatoms. The van der Waals surface area contributed by atoms with Crippen LogP contribution in [0.1, 0.15) is 17.4 Å². The van der Waals surface area contributed by atoms with Crippen LogP contribution in [0, 0.1) is 0 Å². The van der Waals surface area contributed by atoms with Crippen LogP contribution in [0.4, 0.5) is 0 Å². The first kappa shape index (κ1) is 12.3. The van der Waals surface area contributed by atoms with Crippen LogP contribution in [0.3, 0.4) is 0 Å². The van der Waals surface area contributed by atoms with Gasteiger partial charge in [-0.15, -0.1) is 0 Å². The summed E-state index contributed by atoms with van der Waals surface area (Å²) in [6, 6.07) is 8.74. The zero-order valence-corrected chi connectivity index (χ0v) is 10.8. The second kappa shape index (κ2) is 5.07. The minimum absolute atomic E-state index is 0.431. The van der Waals surface area contributed by atoms with E-state index in [2.05, 4.69) is 4.98 Å². The fourth-order valence-electron chi connectivity index (χ4n) is 1.99. The fraction of sp³-hybridized carbons (Fsp3) is 0.214. The molecule has 0 saturated heterocycles. The van der Waals surface area contributed by atoms with E-state index in [0.29, 0.717) is 41.0 Å². The van der Waals surface area contributed by atoms with Crippen LogP contribution in [0.2, 0.25) is 5.02 Å². The molecule has 0 saturated carbocycles. The number of halogens is 1. The third-order valence-electron chi connectivity index (χ3n) is 2.93. The molecule has 1 aliphatic heterocycles. The second-order valence-electron chi connectivity index (χ2n) is 4.18. The van der Waals surface area contributed by atoms with Gasteiger partial charge in [0.05, 0.1) is 10.7 Å². The molecule has 1 aromatic heterocycles. The van der Waals surface area contributed by atoms with Crippen molar-refractivity contribution >= 4 is 11.6 Å². The van der Waals surface area contributed by atoms with Crippen LogP contribution in [0.5, 0.6) is 11.5 Å². The summed E-state index contributed by atoms with van der Waals surface area (Å²) < 4.78 is 10.9. The van der Waals surface area contributed by atoms with Crippen molar-refractivity contribution in [3.05, 3.63) is 52.8 Å². The predicted molar refractivity (Wildman–Crippen MR) is 70.7 cm³/mol. The Labute approximate surface area is 115 Å². The lowest BCUT2D eigenvalue weighted by Crippen LogP contribution is -2.15. The van der Waals surface area contributed by atoms with E-state index in [4.69, 9.17) is 21.1 Å². The van der Waals surface area contributed by atoms with Gasteiger partial charge in [-0.05, 0) is 29.8 Å². The fourth-order valence-corrected chi connectivity index (χ4v) is 2.21. The molecule has 1 atom stereocenters. The van der Waals surface area contributed by atoms with Gasteiger partial charge in [-0.1, -0.05) is 17.7 Å². The molecule has 3 rings (SSSR count). The number of rotatable bonds is 2. The van der Waals surface area contributed by atoms with E-state index >= 15 is 0 Å². The van der Waals surface area contributed by atoms with Crippen molar-refractivity contribution in [3.8, 4) is 11.5 Å². The molecular weight excluding hydrogens is 266 g/mol. The summed E-state index contributed by atoms with van der Waals surface area (Å²) in [5.41, 5.74) is 1.10. The standard InChI is InChI=1S/C14H12ClNO3/c15-10-2-1-5-16-13(10)14(17)9-3-4-11-12(8-9)19-7-6-18-11/h1-5,8,14,17H,6-7H2. The van der Waals surface area contributed by atoms with Crippen LogP contribution >= 0.6 is 11.6 Å². The maximum atomic E-state index is 10.3. The summed E-state index contributed by atoms with van der Waals surface area (Å²) >= 11 is 6.03. The Morgan fingerprint density at radius 1 is 1.16 bits per heavy atom. The molecule has 0 radical (unpaired) electrons. The second-order valence-corrected chi connectivity index (χ2v) is 4.58. The zero-order chi connectivity index (χ0) is 13.2. The maximum Gasteiger partial charge on any atom is 0.161 e. The molecule has 0 bridgehead atoms. The summed E-state index contributed by atoms with van der Waals surface area (Å²) in [4.78, 5) is 4.11. The van der Waals surface area contributed by atoms with E-state index in [-0.39, 0.29) is 0 Å². The van der Waals surface area contributed by atoms with Crippen molar-refractivity contribution in [1.82, 2.24) is 4.98 Å². The van der Waals surface area contributed by atoms with Gasteiger partial charge in [0.25, 0.3) is 0 Å². The lowest BCUT2D eigenvalue weighted by Gasteiger charge is -2.20. The maximum absolute atomic E-state index is 10.3. The van der Waals surface area contributed by atoms with E-state index in [9.17, 15) is 5.11 Å². The molecule has 1 aliphatic rings. The van der Waals surface area contributed by atoms with Crippen LogP contribution < -0.4 is 9.47 Å². The number of pyridine rings is 1. The van der Waals surface area contributed by atoms with Crippen LogP contribution in [0.25, 0.3) is 0 Å². The summed E-state index contributed by atoms with van der Waals surface area (Å²) in [7, 11) is 0. The lowest BCUT2D eigenvalue weighted by molar-refractivity contribution is 0.169. The summed E-state index contributed by atoms with van der Waals surface area (Å²) in [6.07, 6.45) is 0.715. The Balaban J connectivity index is 1.96. The third-order valence-corrected chi connectivity index (χ3v) is 3.25. The first-order valence-electron chi connectivity index (χ1n) is 5.94. The van der Waals surface area contributed by atoms with E-state index in [1.54, 1.807) is 36.5 Å². The Hall–Kier alpha value is -1.78. The van der Waals surface area contributed by atoms with Gasteiger partial charge in [0.15, 0.2) is 11.5 Å². The monoisotopic (exact) mass is 277 g/mol. The van der Waals surface area contributed by atoms with E-state index in [1.165, 1.54) is 0 Å². The number of fused-ring (bicyclic) bond motifs is 1. The van der Waals surface area contributed by atoms with Crippen molar-refractivity contribution in [2.24, 2.45) is 0 Å². The zero-order valence-electron chi connectivity index (χ0n) is 10.0. The molecule has 2 heterocycles. The highest BCUT2D eigenvalue weighted by atomic mass is 35.5. The molecule has 19 heavy (non-hydrogen) atoms. The van der Waals surface area contributed by atoms with Gasteiger partial charge in [-0.2, -0.15) is 0 Å². The molecule has 0 spiro atoms. The van der Waals surface area contributed by atoms with Crippen molar-refractivity contribution in [2.45, 2.75) is 6.10 Å². The van der Waals surface area contributed by atoms with Gasteiger partial charge < -0.3 is 14.6 Å². The normalized spacial score (nSPS) is 15.1. The van der Waals surface area contributed by atoms with Crippen molar-refractivity contribution in [2.75, 3.05) is 13.2 Å². The molecule has 0 amide bonds. The number of aliphatic hydroxyl groups is 1. The Morgan fingerprint density at radius 3 is 2.74 bits per heavy atom. The Bertz CT molecular complexity index is 603. The van der Waals surface area contributed by atoms with Crippen LogP contribution in [-0.4, -0.2) is 23.3 Å². The highest BCUT2D eigenvalue weighted by molar-refractivity contribution is 6.31. The third kappa shape index (κ3) is 2.37. The number of hydrogen-bond acceptors (Lipinski definition) is 4. The quantitative estimate of drug-likeness (QED) is 0.917. The number of nitrogens with zero attached hydrogens (tertiary/aromatic N) is 1. The molecule has 98 valence electrons. The highest BCUT2D eigenvalue weighted by Crippen LogP contribution is 2.35. The van der Waals surface area contributed by atoms with Gasteiger partial charge in [-0.3, -0.25) is 4.98 Å². The summed E-state index contributed by atoms with van der Waals surface area (Å²) in [5.74, 6) is 1.32. The molecule has 2 aromatic rings. The average Bonchev–Trinajstić information content (AvgIpc) is 2.46. The number of aliphatic hydroxyl groups excluding tert-OH is 1. The number of ether oxygens (including phenoxy) is 2. The Kier molecular flexibility index (Phi) is 3.27. The van der Waals surface area contributed by atoms with E-state index in [0.717, 1.165) is 0 Å². The van der Waals surface area contributed by atoms with Crippen molar-refractivity contribution in [3.63, 3.8) is 0 Å². The first-order valence-corrected chi connectivity index (χ1v) is 6.31. The number of aromatic nitrogens is 1. The highest BCUT2D eigenvalue weighted by Gasteiger charge is 2.19. The molecule has 1 aromatic carbocycles. The van der Waals surface area contributed by atoms with E-state index in [1.807, 2.05) is 0 Å². The topological polar surface area (TPSA) is 51.6 Å². The average molecular weight is 278 g/mol. The summed E-state index contributed by atoms with van der Waals surface area (Å²) in [5, 5.41) is 10.8. The van der Waals surface area contributed by atoms with Gasteiger partial charge in [0.2, 0.25) is 0 Å². The van der Waals surface area contributed by atoms with Gasteiger partial charge >= 0.3 is 0 Å². The van der Waals surface area contributed by atoms with Gasteiger partial charge in [0.1, 0.15) is 19.3 Å². The van der Waals surface area contributed by atoms with Crippen molar-refractivity contribution in [1.29, 1.82) is 0 Å². The van der Waals surface area contributed by atoms with Gasteiger partial charge in [0, 0.05) is 6.20 Å². The smallest absolute Gasteiger partial charge is 0.161 e. The predicted octanol–water partition coefficient (Wildman–Crippen LogP) is 2.59. The Morgan fingerprint density at radius 2 is 1.95 bits per heavy atom. The van der Waals surface area contributed by atoms with Crippen LogP contribution in [-0.2, 0) is 0 Å². The largest absolute Gasteiger partial charge is 0.486 e. The number of hydrogen-bond donors (Lipinski definition) is 1. The lowest BCUT2D eigenvalue weighted by atomic mass is 10.1. The molecule has 4 nitrogen and oxygen atoms in total. The minimum atomic E-state index is -0.885. The van der Waals surface area contributed by atoms with Crippen LogP contribution in [0.15, 0.2) is 36.5 Å². The minimum Gasteiger partial charge on any atom is -0.486 e. The molecule has 1 N–H and O–H groups in total.